The van der Waals surface area contributed by atoms with Crippen molar-refractivity contribution in [1.82, 2.24) is 9.97 Å². The number of hydrogen-bond donors (Lipinski definition) is 1. The Hall–Kier alpha value is -3.81. The van der Waals surface area contributed by atoms with Crippen molar-refractivity contribution in [2.24, 2.45) is 0 Å². The molecule has 136 valence electrons. The summed E-state index contributed by atoms with van der Waals surface area (Å²) in [5, 5.41) is 2.55. The fourth-order valence-corrected chi connectivity index (χ4v) is 2.34. The topological polar surface area (TPSA) is 107 Å². The Morgan fingerprint density at radius 3 is 2.44 bits per heavy atom. The molecule has 3 rings (SSSR count). The molecule has 1 heterocycles. The number of methoxy groups -OCH3 is 1. The van der Waals surface area contributed by atoms with Crippen LogP contribution in [0.1, 0.15) is 20.7 Å². The van der Waals surface area contributed by atoms with Crippen molar-refractivity contribution in [2.45, 2.75) is 0 Å². The van der Waals surface area contributed by atoms with Gasteiger partial charge in [0.1, 0.15) is 0 Å². The van der Waals surface area contributed by atoms with E-state index >= 15 is 0 Å². The van der Waals surface area contributed by atoms with E-state index in [-0.39, 0.29) is 5.56 Å². The zero-order chi connectivity index (χ0) is 19.2. The first kappa shape index (κ1) is 18.0. The molecule has 8 nitrogen and oxygen atoms in total. The van der Waals surface area contributed by atoms with Crippen molar-refractivity contribution in [3.05, 3.63) is 66.0 Å². The molecule has 27 heavy (non-hydrogen) atoms. The highest BCUT2D eigenvalue weighted by Crippen LogP contribution is 2.13. The van der Waals surface area contributed by atoms with E-state index in [1.54, 1.807) is 42.6 Å². The van der Waals surface area contributed by atoms with Crippen LogP contribution in [-0.2, 0) is 14.3 Å². The van der Waals surface area contributed by atoms with Crippen molar-refractivity contribution in [3.8, 4) is 0 Å². The molecular weight excluding hydrogens is 350 g/mol. The number of nitrogens with one attached hydrogen (secondary N) is 1. The molecule has 0 bridgehead atoms. The fraction of sp³-hybridized carbons (Fsp3) is 0.105. The number of amides is 1. The monoisotopic (exact) mass is 365 g/mol. The minimum absolute atomic E-state index is 0.267. The lowest BCUT2D eigenvalue weighted by Gasteiger charge is -2.08. The van der Waals surface area contributed by atoms with Crippen LogP contribution in [0.25, 0.3) is 11.0 Å². The molecule has 0 aliphatic carbocycles. The van der Waals surface area contributed by atoms with Crippen LogP contribution in [0.5, 0.6) is 0 Å². The molecule has 0 unspecified atom stereocenters. The summed E-state index contributed by atoms with van der Waals surface area (Å²) in [5.74, 6) is -1.70. The summed E-state index contributed by atoms with van der Waals surface area (Å²) in [6.07, 6.45) is 3.08. The average molecular weight is 365 g/mol. The van der Waals surface area contributed by atoms with Gasteiger partial charge >= 0.3 is 11.9 Å². The number of benzene rings is 2. The Labute approximate surface area is 154 Å². The van der Waals surface area contributed by atoms with Gasteiger partial charge in [-0.2, -0.15) is 0 Å². The summed E-state index contributed by atoms with van der Waals surface area (Å²) >= 11 is 0. The standard InChI is InChI=1S/C19H15N3O5/c1-26-18(24)12-3-2-4-14(9-12)22-17(23)11-27-19(25)13-5-6-15-16(10-13)21-8-7-20-15/h2-10H,11H2,1H3,(H,22,23). The third-order valence-electron chi connectivity index (χ3n) is 3.61. The second kappa shape index (κ2) is 8.05. The van der Waals surface area contributed by atoms with E-state index in [2.05, 4.69) is 20.0 Å². The molecule has 2 aromatic carbocycles. The van der Waals surface area contributed by atoms with Gasteiger partial charge in [-0.1, -0.05) is 6.07 Å². The number of esters is 2. The molecule has 1 N–H and O–H groups in total. The molecule has 0 aliphatic heterocycles. The second-order valence-corrected chi connectivity index (χ2v) is 5.46. The maximum atomic E-state index is 12.1. The van der Waals surface area contributed by atoms with Crippen LogP contribution in [0.4, 0.5) is 5.69 Å². The lowest BCUT2D eigenvalue weighted by molar-refractivity contribution is -0.119. The summed E-state index contributed by atoms with van der Waals surface area (Å²) in [6.45, 7) is -0.472. The summed E-state index contributed by atoms with van der Waals surface area (Å²) in [4.78, 5) is 43.8. The third kappa shape index (κ3) is 4.43. The van der Waals surface area contributed by atoms with E-state index in [9.17, 15) is 14.4 Å². The molecule has 8 heteroatoms. The number of carbonyl (C=O) groups excluding carboxylic acids is 3. The zero-order valence-electron chi connectivity index (χ0n) is 14.3. The number of carbonyl (C=O) groups is 3. The van der Waals surface area contributed by atoms with Crippen LogP contribution in [0.3, 0.4) is 0 Å². The van der Waals surface area contributed by atoms with E-state index in [1.165, 1.54) is 19.4 Å². The highest BCUT2D eigenvalue weighted by Gasteiger charge is 2.12. The summed E-state index contributed by atoms with van der Waals surface area (Å²) < 4.78 is 9.64. The average Bonchev–Trinajstić information content (AvgIpc) is 2.71. The summed E-state index contributed by atoms with van der Waals surface area (Å²) in [7, 11) is 1.27. The van der Waals surface area contributed by atoms with Gasteiger partial charge in [0.25, 0.3) is 5.91 Å². The van der Waals surface area contributed by atoms with Gasteiger partial charge in [-0.05, 0) is 36.4 Å². The van der Waals surface area contributed by atoms with Crippen LogP contribution in [0.2, 0.25) is 0 Å². The smallest absolute Gasteiger partial charge is 0.338 e. The highest BCUT2D eigenvalue weighted by atomic mass is 16.5. The largest absolute Gasteiger partial charge is 0.465 e. The van der Waals surface area contributed by atoms with E-state index in [0.29, 0.717) is 22.3 Å². The molecule has 3 aromatic rings. The minimum atomic E-state index is -0.652. The Kier molecular flexibility index (Phi) is 5.36. The van der Waals surface area contributed by atoms with Crippen LogP contribution in [-0.4, -0.2) is 41.5 Å². The SMILES string of the molecule is COC(=O)c1cccc(NC(=O)COC(=O)c2ccc3nccnc3c2)c1. The molecule has 0 saturated heterocycles. The van der Waals surface area contributed by atoms with Gasteiger partial charge in [0, 0.05) is 18.1 Å². The van der Waals surface area contributed by atoms with Crippen LogP contribution in [0.15, 0.2) is 54.9 Å². The summed E-state index contributed by atoms with van der Waals surface area (Å²) in [5.41, 5.74) is 2.15. The first-order chi connectivity index (χ1) is 13.1. The molecule has 0 saturated carbocycles. The quantitative estimate of drug-likeness (QED) is 0.691. The Morgan fingerprint density at radius 2 is 1.67 bits per heavy atom. The van der Waals surface area contributed by atoms with Crippen LogP contribution >= 0.6 is 0 Å². The maximum Gasteiger partial charge on any atom is 0.338 e. The van der Waals surface area contributed by atoms with Crippen molar-refractivity contribution in [2.75, 3.05) is 19.0 Å². The molecule has 0 fully saturated rings. The molecule has 0 atom stereocenters. The van der Waals surface area contributed by atoms with E-state index in [1.807, 2.05) is 0 Å². The van der Waals surface area contributed by atoms with Gasteiger partial charge in [0.05, 0.1) is 29.3 Å². The number of aromatic nitrogens is 2. The molecule has 0 aliphatic rings. The van der Waals surface area contributed by atoms with Gasteiger partial charge < -0.3 is 14.8 Å². The van der Waals surface area contributed by atoms with E-state index in [4.69, 9.17) is 4.74 Å². The fourth-order valence-electron chi connectivity index (χ4n) is 2.34. The molecule has 0 spiro atoms. The predicted octanol–water partition coefficient (Wildman–Crippen LogP) is 2.21. The van der Waals surface area contributed by atoms with Crippen LogP contribution < -0.4 is 5.32 Å². The number of ether oxygens (including phenoxy) is 2. The molecule has 1 aromatic heterocycles. The maximum absolute atomic E-state index is 12.1. The van der Waals surface area contributed by atoms with Crippen molar-refractivity contribution < 1.29 is 23.9 Å². The van der Waals surface area contributed by atoms with Gasteiger partial charge in [-0.15, -0.1) is 0 Å². The van der Waals surface area contributed by atoms with Crippen LogP contribution in [0, 0.1) is 0 Å². The van der Waals surface area contributed by atoms with Crippen molar-refractivity contribution in [3.63, 3.8) is 0 Å². The molecular formula is C19H15N3O5. The number of nitrogens with zero attached hydrogens (tertiary/aromatic N) is 2. The second-order valence-electron chi connectivity index (χ2n) is 5.46. The van der Waals surface area contributed by atoms with Gasteiger partial charge in [0.2, 0.25) is 0 Å². The normalized spacial score (nSPS) is 10.3. The number of hydrogen-bond acceptors (Lipinski definition) is 7. The first-order valence-corrected chi connectivity index (χ1v) is 7.93. The number of anilines is 1. The predicted molar refractivity (Wildman–Crippen MR) is 96.2 cm³/mol. The lowest BCUT2D eigenvalue weighted by atomic mass is 10.2. The van der Waals surface area contributed by atoms with Gasteiger partial charge in [-0.3, -0.25) is 14.8 Å². The Morgan fingerprint density at radius 1 is 0.926 bits per heavy atom. The minimum Gasteiger partial charge on any atom is -0.465 e. The number of rotatable bonds is 5. The van der Waals surface area contributed by atoms with Gasteiger partial charge in [-0.25, -0.2) is 9.59 Å². The molecule has 0 radical (unpaired) electrons. The van der Waals surface area contributed by atoms with Crippen molar-refractivity contribution >= 4 is 34.6 Å². The molecule has 1 amide bonds. The zero-order valence-corrected chi connectivity index (χ0v) is 14.3. The Bertz CT molecular complexity index is 1020. The van der Waals surface area contributed by atoms with E-state index in [0.717, 1.165) is 0 Å². The number of fused-ring (bicyclic) bond motifs is 1. The van der Waals surface area contributed by atoms with E-state index < -0.39 is 24.5 Å². The van der Waals surface area contributed by atoms with Crippen molar-refractivity contribution in [1.29, 1.82) is 0 Å². The first-order valence-electron chi connectivity index (χ1n) is 7.93. The Balaban J connectivity index is 1.59. The summed E-state index contributed by atoms with van der Waals surface area (Å²) in [6, 6.07) is 11.0. The lowest BCUT2D eigenvalue weighted by Crippen LogP contribution is -2.21. The van der Waals surface area contributed by atoms with Gasteiger partial charge in [0.15, 0.2) is 6.61 Å². The third-order valence-corrected chi connectivity index (χ3v) is 3.61. The highest BCUT2D eigenvalue weighted by molar-refractivity contribution is 5.98.